The molecule has 3 rings (SSSR count). The van der Waals surface area contributed by atoms with E-state index >= 15 is 0 Å². The lowest BCUT2D eigenvalue weighted by atomic mass is 10.1. The zero-order chi connectivity index (χ0) is 22.5. The van der Waals surface area contributed by atoms with Crippen LogP contribution < -0.4 is 15.0 Å². The van der Waals surface area contributed by atoms with Crippen molar-refractivity contribution in [2.45, 2.75) is 13.3 Å². The maximum Gasteiger partial charge on any atom is 0.343 e. The van der Waals surface area contributed by atoms with E-state index in [1.165, 1.54) is 13.2 Å². The minimum atomic E-state index is -0.794. The van der Waals surface area contributed by atoms with Crippen LogP contribution in [0.4, 0.5) is 10.5 Å². The number of urea groups is 1. The second kappa shape index (κ2) is 9.73. The molecule has 9 heteroatoms. The van der Waals surface area contributed by atoms with Crippen molar-refractivity contribution >= 4 is 58.2 Å². The second-order valence-electron chi connectivity index (χ2n) is 6.53. The van der Waals surface area contributed by atoms with Crippen LogP contribution in [0.2, 0.25) is 0 Å². The van der Waals surface area contributed by atoms with Crippen LogP contribution in [0.5, 0.6) is 5.75 Å². The molecule has 0 saturated carbocycles. The predicted octanol–water partition coefficient (Wildman–Crippen LogP) is 3.07. The number of nitrogens with one attached hydrogen (secondary N) is 1. The van der Waals surface area contributed by atoms with Crippen LogP contribution >= 0.6 is 22.6 Å². The third-order valence-corrected chi connectivity index (χ3v) is 5.39. The molecule has 1 fully saturated rings. The fourth-order valence-electron chi connectivity index (χ4n) is 2.86. The highest BCUT2D eigenvalue weighted by molar-refractivity contribution is 14.1. The molecule has 1 heterocycles. The molecule has 4 amide bonds. The van der Waals surface area contributed by atoms with Gasteiger partial charge < -0.3 is 9.47 Å². The molecule has 160 valence electrons. The Morgan fingerprint density at radius 1 is 1.13 bits per heavy atom. The number of nitrogens with zero attached hydrogens (tertiary/aromatic N) is 1. The Morgan fingerprint density at radius 2 is 1.84 bits per heavy atom. The molecule has 0 atom stereocenters. The van der Waals surface area contributed by atoms with Gasteiger partial charge in [-0.15, -0.1) is 0 Å². The van der Waals surface area contributed by atoms with Crippen molar-refractivity contribution in [1.82, 2.24) is 5.32 Å². The van der Waals surface area contributed by atoms with Crippen LogP contribution in [-0.4, -0.2) is 37.5 Å². The van der Waals surface area contributed by atoms with Gasteiger partial charge in [-0.1, -0.05) is 25.1 Å². The SMILES string of the molecule is CCc1ccc(N2C(=O)NC(=O)/C(=C/c3ccc(OCC(=O)OC)c(I)c3)C2=O)cc1. The van der Waals surface area contributed by atoms with Gasteiger partial charge >= 0.3 is 12.0 Å². The number of imide groups is 2. The van der Waals surface area contributed by atoms with E-state index < -0.39 is 23.8 Å². The summed E-state index contributed by atoms with van der Waals surface area (Å²) in [4.78, 5) is 49.8. The number of aryl methyl sites for hydroxylation is 1. The molecule has 0 unspecified atom stereocenters. The van der Waals surface area contributed by atoms with Crippen LogP contribution in [0.1, 0.15) is 18.1 Å². The third kappa shape index (κ3) is 5.10. The first-order chi connectivity index (χ1) is 14.8. The molecular formula is C22H19IN2O6. The maximum absolute atomic E-state index is 13.0. The highest BCUT2D eigenvalue weighted by Gasteiger charge is 2.36. The molecular weight excluding hydrogens is 515 g/mol. The first-order valence-corrected chi connectivity index (χ1v) is 10.4. The van der Waals surface area contributed by atoms with Gasteiger partial charge in [0.15, 0.2) is 6.61 Å². The van der Waals surface area contributed by atoms with Crippen molar-refractivity contribution < 1.29 is 28.7 Å². The predicted molar refractivity (Wildman–Crippen MR) is 121 cm³/mol. The van der Waals surface area contributed by atoms with Gasteiger partial charge in [-0.2, -0.15) is 0 Å². The molecule has 0 radical (unpaired) electrons. The quantitative estimate of drug-likeness (QED) is 0.265. The normalized spacial score (nSPS) is 15.1. The van der Waals surface area contributed by atoms with Gasteiger partial charge in [0.05, 0.1) is 16.4 Å². The van der Waals surface area contributed by atoms with E-state index in [0.717, 1.165) is 16.9 Å². The average Bonchev–Trinajstić information content (AvgIpc) is 2.76. The third-order valence-electron chi connectivity index (χ3n) is 4.54. The number of carbonyl (C=O) groups is 4. The van der Waals surface area contributed by atoms with Crippen molar-refractivity contribution in [3.63, 3.8) is 0 Å². The van der Waals surface area contributed by atoms with E-state index in [2.05, 4.69) is 10.1 Å². The summed E-state index contributed by atoms with van der Waals surface area (Å²) in [6.07, 6.45) is 2.23. The first kappa shape index (κ1) is 22.5. The van der Waals surface area contributed by atoms with Crippen molar-refractivity contribution in [1.29, 1.82) is 0 Å². The van der Waals surface area contributed by atoms with Gasteiger partial charge in [0.1, 0.15) is 11.3 Å². The summed E-state index contributed by atoms with van der Waals surface area (Å²) in [7, 11) is 1.27. The maximum atomic E-state index is 13.0. The molecule has 1 aliphatic heterocycles. The number of barbiturate groups is 1. The van der Waals surface area contributed by atoms with Gasteiger partial charge in [-0.05, 0) is 70.5 Å². The molecule has 1 saturated heterocycles. The highest BCUT2D eigenvalue weighted by Crippen LogP contribution is 2.26. The Morgan fingerprint density at radius 3 is 2.45 bits per heavy atom. The fourth-order valence-corrected chi connectivity index (χ4v) is 3.55. The van der Waals surface area contributed by atoms with E-state index in [9.17, 15) is 19.2 Å². The molecule has 2 aromatic rings. The number of benzene rings is 2. The van der Waals surface area contributed by atoms with Gasteiger partial charge in [-0.25, -0.2) is 14.5 Å². The van der Waals surface area contributed by atoms with Crippen molar-refractivity contribution in [3.8, 4) is 5.75 Å². The molecule has 1 aliphatic rings. The summed E-state index contributed by atoms with van der Waals surface area (Å²) in [6.45, 7) is 1.77. The summed E-state index contributed by atoms with van der Waals surface area (Å²) < 4.78 is 10.6. The Kier molecular flexibility index (Phi) is 7.06. The molecule has 31 heavy (non-hydrogen) atoms. The van der Waals surface area contributed by atoms with Crippen LogP contribution in [0, 0.1) is 3.57 Å². The molecule has 0 aromatic heterocycles. The van der Waals surface area contributed by atoms with E-state index in [4.69, 9.17) is 4.74 Å². The Labute approximate surface area is 192 Å². The van der Waals surface area contributed by atoms with Crippen LogP contribution in [0.15, 0.2) is 48.0 Å². The lowest BCUT2D eigenvalue weighted by Crippen LogP contribution is -2.54. The summed E-state index contributed by atoms with van der Waals surface area (Å²) in [5.41, 5.74) is 1.82. The zero-order valence-corrected chi connectivity index (χ0v) is 19.0. The number of esters is 1. The second-order valence-corrected chi connectivity index (χ2v) is 7.69. The van der Waals surface area contributed by atoms with Gasteiger partial charge in [0, 0.05) is 0 Å². The number of hydrogen-bond acceptors (Lipinski definition) is 6. The standard InChI is InChI=1S/C22H19IN2O6/c1-3-13-4-7-15(8-5-13)25-21(28)16(20(27)24-22(25)29)10-14-6-9-18(17(23)11-14)31-12-19(26)30-2/h4-11H,3,12H2,1-2H3,(H,24,27,29)/b16-10-. The number of ether oxygens (including phenoxy) is 2. The molecule has 0 aliphatic carbocycles. The number of rotatable bonds is 6. The summed E-state index contributed by atoms with van der Waals surface area (Å²) in [6, 6.07) is 11.1. The molecule has 0 spiro atoms. The van der Waals surface area contributed by atoms with E-state index in [1.807, 2.05) is 41.6 Å². The van der Waals surface area contributed by atoms with Gasteiger partial charge in [0.2, 0.25) is 0 Å². The van der Waals surface area contributed by atoms with Gasteiger partial charge in [0.25, 0.3) is 11.8 Å². The Bertz CT molecular complexity index is 1080. The zero-order valence-electron chi connectivity index (χ0n) is 16.8. The van der Waals surface area contributed by atoms with Crippen molar-refractivity contribution in [3.05, 3.63) is 62.7 Å². The lowest BCUT2D eigenvalue weighted by Gasteiger charge is -2.26. The minimum Gasteiger partial charge on any atom is -0.481 e. The molecule has 2 aromatic carbocycles. The largest absolute Gasteiger partial charge is 0.481 e. The van der Waals surface area contributed by atoms with Crippen molar-refractivity contribution in [2.75, 3.05) is 18.6 Å². The van der Waals surface area contributed by atoms with Crippen LogP contribution in [0.3, 0.4) is 0 Å². The van der Waals surface area contributed by atoms with Crippen LogP contribution in [-0.2, 0) is 25.5 Å². The summed E-state index contributed by atoms with van der Waals surface area (Å²) in [5, 5.41) is 2.20. The summed E-state index contributed by atoms with van der Waals surface area (Å²) >= 11 is 2.02. The number of amides is 4. The number of methoxy groups -OCH3 is 1. The summed E-state index contributed by atoms with van der Waals surface area (Å²) in [5.74, 6) is -1.53. The Balaban J connectivity index is 1.87. The smallest absolute Gasteiger partial charge is 0.343 e. The van der Waals surface area contributed by atoms with Crippen molar-refractivity contribution in [2.24, 2.45) is 0 Å². The number of anilines is 1. The fraction of sp³-hybridized carbons (Fsp3) is 0.182. The van der Waals surface area contributed by atoms with E-state index in [0.29, 0.717) is 20.6 Å². The monoisotopic (exact) mass is 534 g/mol. The van der Waals surface area contributed by atoms with Crippen LogP contribution in [0.25, 0.3) is 6.08 Å². The Hall–Kier alpha value is -3.21. The number of carbonyl (C=O) groups excluding carboxylic acids is 4. The van der Waals surface area contributed by atoms with Gasteiger partial charge in [-0.3, -0.25) is 14.9 Å². The molecule has 0 bridgehead atoms. The lowest BCUT2D eigenvalue weighted by molar-refractivity contribution is -0.143. The molecule has 8 nitrogen and oxygen atoms in total. The minimum absolute atomic E-state index is 0.168. The van der Waals surface area contributed by atoms with E-state index in [1.54, 1.807) is 30.3 Å². The average molecular weight is 534 g/mol. The number of hydrogen-bond donors (Lipinski definition) is 1. The van der Waals surface area contributed by atoms with E-state index in [-0.39, 0.29) is 12.2 Å². The first-order valence-electron chi connectivity index (χ1n) is 9.33. The highest BCUT2D eigenvalue weighted by atomic mass is 127. The number of halogens is 1. The molecule has 1 N–H and O–H groups in total. The topological polar surface area (TPSA) is 102 Å².